The first-order chi connectivity index (χ1) is 14.7. The standard InChI is InChI=1S/C24H20N4O2/c29-23(19-13-17-5-1-3-7-21(17)25-15-19)27-9-11-28(12-10-27)24(30)20-14-18-6-2-4-8-22(18)26-16-20/h1-8,13-16H,9-12H2. The van der Waals surface area contributed by atoms with E-state index in [9.17, 15) is 9.59 Å². The minimum absolute atomic E-state index is 0.0484. The highest BCUT2D eigenvalue weighted by molar-refractivity contribution is 5.99. The summed E-state index contributed by atoms with van der Waals surface area (Å²) in [7, 11) is 0. The normalized spacial score (nSPS) is 14.3. The van der Waals surface area contributed by atoms with Crippen molar-refractivity contribution in [3.05, 3.63) is 84.2 Å². The number of fused-ring (bicyclic) bond motifs is 2. The van der Waals surface area contributed by atoms with Crippen molar-refractivity contribution in [2.75, 3.05) is 26.2 Å². The minimum atomic E-state index is -0.0484. The molecule has 0 bridgehead atoms. The van der Waals surface area contributed by atoms with Crippen LogP contribution in [0.1, 0.15) is 20.7 Å². The molecule has 4 aromatic rings. The van der Waals surface area contributed by atoms with Crippen LogP contribution in [-0.2, 0) is 0 Å². The maximum atomic E-state index is 12.9. The Bertz CT molecular complexity index is 1160. The molecule has 1 saturated heterocycles. The summed E-state index contributed by atoms with van der Waals surface area (Å²) < 4.78 is 0. The maximum Gasteiger partial charge on any atom is 0.255 e. The summed E-state index contributed by atoms with van der Waals surface area (Å²) >= 11 is 0. The summed E-state index contributed by atoms with van der Waals surface area (Å²) in [6, 6.07) is 19.2. The second-order valence-corrected chi connectivity index (χ2v) is 7.42. The number of carbonyl (C=O) groups excluding carboxylic acids is 2. The molecule has 1 aliphatic heterocycles. The van der Waals surface area contributed by atoms with Gasteiger partial charge in [0.1, 0.15) is 0 Å². The van der Waals surface area contributed by atoms with Gasteiger partial charge in [0.25, 0.3) is 11.8 Å². The van der Waals surface area contributed by atoms with Crippen molar-refractivity contribution < 1.29 is 9.59 Å². The first kappa shape index (κ1) is 18.2. The number of piperazine rings is 1. The van der Waals surface area contributed by atoms with Crippen molar-refractivity contribution in [1.82, 2.24) is 19.8 Å². The van der Waals surface area contributed by atoms with Crippen LogP contribution in [0.5, 0.6) is 0 Å². The lowest BCUT2D eigenvalue weighted by Crippen LogP contribution is -2.50. The number of pyridine rings is 2. The summed E-state index contributed by atoms with van der Waals surface area (Å²) in [5.41, 5.74) is 2.89. The van der Waals surface area contributed by atoms with E-state index in [0.29, 0.717) is 37.3 Å². The summed E-state index contributed by atoms with van der Waals surface area (Å²) in [5, 5.41) is 1.89. The van der Waals surface area contributed by atoms with E-state index in [0.717, 1.165) is 21.8 Å². The Kier molecular flexibility index (Phi) is 4.59. The van der Waals surface area contributed by atoms with Crippen molar-refractivity contribution >= 4 is 33.6 Å². The van der Waals surface area contributed by atoms with E-state index in [1.807, 2.05) is 60.7 Å². The van der Waals surface area contributed by atoms with Crippen LogP contribution in [0.15, 0.2) is 73.1 Å². The van der Waals surface area contributed by atoms with Crippen molar-refractivity contribution in [2.45, 2.75) is 0 Å². The topological polar surface area (TPSA) is 66.4 Å². The number of amides is 2. The molecule has 0 atom stereocenters. The van der Waals surface area contributed by atoms with Crippen LogP contribution >= 0.6 is 0 Å². The van der Waals surface area contributed by atoms with Crippen LogP contribution in [0.3, 0.4) is 0 Å². The van der Waals surface area contributed by atoms with Crippen molar-refractivity contribution in [2.24, 2.45) is 0 Å². The molecule has 30 heavy (non-hydrogen) atoms. The molecule has 2 aromatic heterocycles. The maximum absolute atomic E-state index is 12.9. The van der Waals surface area contributed by atoms with Crippen LogP contribution in [-0.4, -0.2) is 57.8 Å². The molecule has 0 spiro atoms. The first-order valence-electron chi connectivity index (χ1n) is 9.97. The molecule has 6 heteroatoms. The fourth-order valence-corrected chi connectivity index (χ4v) is 3.85. The average molecular weight is 396 g/mol. The van der Waals surface area contributed by atoms with Gasteiger partial charge >= 0.3 is 0 Å². The Morgan fingerprint density at radius 2 is 1.03 bits per heavy atom. The Balaban J connectivity index is 1.27. The number of nitrogens with zero attached hydrogens (tertiary/aromatic N) is 4. The number of aromatic nitrogens is 2. The van der Waals surface area contributed by atoms with Gasteiger partial charge in [0.2, 0.25) is 0 Å². The van der Waals surface area contributed by atoms with Gasteiger partial charge in [-0.25, -0.2) is 0 Å². The zero-order valence-electron chi connectivity index (χ0n) is 16.4. The molecule has 0 unspecified atom stereocenters. The highest BCUT2D eigenvalue weighted by Gasteiger charge is 2.26. The minimum Gasteiger partial charge on any atom is -0.335 e. The van der Waals surface area contributed by atoms with Crippen molar-refractivity contribution in [3.63, 3.8) is 0 Å². The smallest absolute Gasteiger partial charge is 0.255 e. The summed E-state index contributed by atoms with van der Waals surface area (Å²) in [6.45, 7) is 1.99. The van der Waals surface area contributed by atoms with Gasteiger partial charge in [-0.15, -0.1) is 0 Å². The van der Waals surface area contributed by atoms with Crippen LogP contribution in [0, 0.1) is 0 Å². The lowest BCUT2D eigenvalue weighted by atomic mass is 10.1. The molecule has 0 saturated carbocycles. The second-order valence-electron chi connectivity index (χ2n) is 7.42. The highest BCUT2D eigenvalue weighted by atomic mass is 16.2. The lowest BCUT2D eigenvalue weighted by molar-refractivity contribution is 0.0535. The molecule has 0 N–H and O–H groups in total. The number of hydrogen-bond donors (Lipinski definition) is 0. The van der Waals surface area contributed by atoms with Gasteiger partial charge in [-0.3, -0.25) is 19.6 Å². The summed E-state index contributed by atoms with van der Waals surface area (Å²) in [6.07, 6.45) is 3.26. The molecular weight excluding hydrogens is 376 g/mol. The molecule has 0 radical (unpaired) electrons. The van der Waals surface area contributed by atoms with E-state index in [-0.39, 0.29) is 11.8 Å². The molecule has 2 amide bonds. The van der Waals surface area contributed by atoms with E-state index < -0.39 is 0 Å². The number of benzene rings is 2. The van der Waals surface area contributed by atoms with Crippen molar-refractivity contribution in [1.29, 1.82) is 0 Å². The van der Waals surface area contributed by atoms with E-state index >= 15 is 0 Å². The van der Waals surface area contributed by atoms with Crippen LogP contribution in [0.4, 0.5) is 0 Å². The largest absolute Gasteiger partial charge is 0.335 e. The third-order valence-electron chi connectivity index (χ3n) is 5.53. The Hall–Kier alpha value is -3.80. The second kappa shape index (κ2) is 7.55. The molecule has 3 heterocycles. The lowest BCUT2D eigenvalue weighted by Gasteiger charge is -2.34. The Labute approximate surface area is 173 Å². The molecule has 1 fully saturated rings. The third-order valence-corrected chi connectivity index (χ3v) is 5.53. The third kappa shape index (κ3) is 3.37. The van der Waals surface area contributed by atoms with Crippen LogP contribution < -0.4 is 0 Å². The summed E-state index contributed by atoms with van der Waals surface area (Å²) in [5.74, 6) is -0.0968. The molecular formula is C24H20N4O2. The molecule has 2 aromatic carbocycles. The van der Waals surface area contributed by atoms with Gasteiger partial charge in [-0.1, -0.05) is 36.4 Å². The van der Waals surface area contributed by atoms with E-state index in [1.165, 1.54) is 0 Å². The monoisotopic (exact) mass is 396 g/mol. The van der Waals surface area contributed by atoms with E-state index in [1.54, 1.807) is 22.2 Å². The molecule has 148 valence electrons. The SMILES string of the molecule is O=C(c1cnc2ccccc2c1)N1CCN(C(=O)c2cnc3ccccc3c2)CC1. The molecule has 6 nitrogen and oxygen atoms in total. The Morgan fingerprint density at radius 3 is 1.47 bits per heavy atom. The number of hydrogen-bond acceptors (Lipinski definition) is 4. The van der Waals surface area contributed by atoms with E-state index in [4.69, 9.17) is 0 Å². The zero-order chi connectivity index (χ0) is 20.5. The van der Waals surface area contributed by atoms with Gasteiger partial charge in [-0.05, 0) is 24.3 Å². The number of rotatable bonds is 2. The highest BCUT2D eigenvalue weighted by Crippen LogP contribution is 2.17. The quantitative estimate of drug-likeness (QED) is 0.521. The van der Waals surface area contributed by atoms with Crippen molar-refractivity contribution in [3.8, 4) is 0 Å². The van der Waals surface area contributed by atoms with Crippen LogP contribution in [0.2, 0.25) is 0 Å². The molecule has 1 aliphatic rings. The predicted molar refractivity (Wildman–Crippen MR) is 115 cm³/mol. The number of carbonyl (C=O) groups is 2. The molecule has 5 rings (SSSR count). The van der Waals surface area contributed by atoms with Gasteiger partial charge in [0.05, 0.1) is 22.2 Å². The van der Waals surface area contributed by atoms with Crippen LogP contribution in [0.25, 0.3) is 21.8 Å². The van der Waals surface area contributed by atoms with Gasteiger partial charge in [0, 0.05) is 49.3 Å². The van der Waals surface area contributed by atoms with Gasteiger partial charge in [0.15, 0.2) is 0 Å². The first-order valence-corrected chi connectivity index (χ1v) is 9.97. The van der Waals surface area contributed by atoms with Gasteiger partial charge < -0.3 is 9.80 Å². The number of para-hydroxylation sites is 2. The van der Waals surface area contributed by atoms with Gasteiger partial charge in [-0.2, -0.15) is 0 Å². The fourth-order valence-electron chi connectivity index (χ4n) is 3.85. The fraction of sp³-hybridized carbons (Fsp3) is 0.167. The van der Waals surface area contributed by atoms with E-state index in [2.05, 4.69) is 9.97 Å². The molecule has 0 aliphatic carbocycles. The zero-order valence-corrected chi connectivity index (χ0v) is 16.4. The summed E-state index contributed by atoms with van der Waals surface area (Å²) in [4.78, 5) is 38.2. The Morgan fingerprint density at radius 1 is 0.633 bits per heavy atom. The average Bonchev–Trinajstić information content (AvgIpc) is 2.82. The predicted octanol–water partition coefficient (Wildman–Crippen LogP) is 3.38.